The van der Waals surface area contributed by atoms with Crippen molar-refractivity contribution in [3.8, 4) is 11.5 Å². The number of phenolic OH excluding ortho intramolecular Hbond substituents is 2. The van der Waals surface area contributed by atoms with Crippen LogP contribution in [0.25, 0.3) is 0 Å². The monoisotopic (exact) mass is 222 g/mol. The minimum Gasteiger partial charge on any atom is -0.508 e. The average Bonchev–Trinajstić information content (AvgIpc) is 2.25. The van der Waals surface area contributed by atoms with Gasteiger partial charge in [0.05, 0.1) is 0 Å². The van der Waals surface area contributed by atoms with Crippen LogP contribution in [0.3, 0.4) is 0 Å². The fourth-order valence-electron chi connectivity index (χ4n) is 0.869. The van der Waals surface area contributed by atoms with Crippen LogP contribution in [-0.2, 0) is 0 Å². The van der Waals surface area contributed by atoms with Crippen molar-refractivity contribution in [1.82, 2.24) is 0 Å². The molecule has 0 aliphatic heterocycles. The number of para-hydroxylation sites is 1. The minimum absolute atomic E-state index is 0.245. The van der Waals surface area contributed by atoms with Crippen molar-refractivity contribution in [2.24, 2.45) is 0 Å². The fourth-order valence-corrected chi connectivity index (χ4v) is 0.995. The number of hydrogen-bond acceptors (Lipinski definition) is 2. The summed E-state index contributed by atoms with van der Waals surface area (Å²) in [7, 11) is 0. The zero-order valence-electron chi connectivity index (χ0n) is 7.97. The molecule has 2 nitrogen and oxygen atoms in total. The highest BCUT2D eigenvalue weighted by Crippen LogP contribution is 2.12. The van der Waals surface area contributed by atoms with Crippen molar-refractivity contribution in [2.45, 2.75) is 0 Å². The highest BCUT2D eigenvalue weighted by molar-refractivity contribution is 6.30. The first-order valence-corrected chi connectivity index (χ1v) is 4.75. The normalized spacial score (nSPS) is 8.87. The SMILES string of the molecule is Oc1ccc(Cl)cc1.Oc1ccccc1. The van der Waals surface area contributed by atoms with Gasteiger partial charge in [-0.05, 0) is 36.4 Å². The third-order valence-electron chi connectivity index (χ3n) is 1.58. The molecule has 0 heterocycles. The number of halogens is 1. The summed E-state index contributed by atoms with van der Waals surface area (Å²) in [6.45, 7) is 0. The van der Waals surface area contributed by atoms with Gasteiger partial charge in [-0.1, -0.05) is 29.8 Å². The van der Waals surface area contributed by atoms with E-state index in [1.54, 1.807) is 48.5 Å². The molecule has 0 spiro atoms. The Kier molecular flexibility index (Phi) is 4.51. The first-order chi connectivity index (χ1) is 7.18. The summed E-state index contributed by atoms with van der Waals surface area (Å²) in [6, 6.07) is 15.1. The van der Waals surface area contributed by atoms with Gasteiger partial charge in [0.15, 0.2) is 0 Å². The summed E-state index contributed by atoms with van der Waals surface area (Å²) in [5.74, 6) is 0.567. The van der Waals surface area contributed by atoms with Gasteiger partial charge in [-0.2, -0.15) is 0 Å². The second-order valence-corrected chi connectivity index (χ2v) is 3.25. The molecule has 2 rings (SSSR count). The fraction of sp³-hybridized carbons (Fsp3) is 0. The summed E-state index contributed by atoms with van der Waals surface area (Å²) in [5.41, 5.74) is 0. The van der Waals surface area contributed by atoms with Crippen molar-refractivity contribution >= 4 is 11.6 Å². The molecule has 0 unspecified atom stereocenters. The molecule has 2 aromatic rings. The minimum atomic E-state index is 0.245. The van der Waals surface area contributed by atoms with Crippen molar-refractivity contribution in [1.29, 1.82) is 0 Å². The van der Waals surface area contributed by atoms with E-state index in [9.17, 15) is 0 Å². The molecule has 0 aromatic heterocycles. The zero-order chi connectivity index (χ0) is 11.1. The summed E-state index contributed by atoms with van der Waals surface area (Å²) in [6.07, 6.45) is 0. The number of benzene rings is 2. The van der Waals surface area contributed by atoms with Gasteiger partial charge in [0, 0.05) is 5.02 Å². The van der Waals surface area contributed by atoms with E-state index < -0.39 is 0 Å². The Bertz CT molecular complexity index is 363. The van der Waals surface area contributed by atoms with E-state index in [2.05, 4.69) is 0 Å². The van der Waals surface area contributed by atoms with Gasteiger partial charge < -0.3 is 10.2 Å². The number of aromatic hydroxyl groups is 2. The molecule has 78 valence electrons. The van der Waals surface area contributed by atoms with E-state index in [0.29, 0.717) is 10.8 Å². The number of hydrogen-bond donors (Lipinski definition) is 2. The van der Waals surface area contributed by atoms with Gasteiger partial charge in [0.1, 0.15) is 11.5 Å². The average molecular weight is 223 g/mol. The molecule has 0 amide bonds. The van der Waals surface area contributed by atoms with Crippen LogP contribution in [0.4, 0.5) is 0 Å². The summed E-state index contributed by atoms with van der Waals surface area (Å²) < 4.78 is 0. The molecule has 0 aliphatic rings. The lowest BCUT2D eigenvalue weighted by molar-refractivity contribution is 0.475. The topological polar surface area (TPSA) is 40.5 Å². The van der Waals surface area contributed by atoms with Crippen LogP contribution in [0.5, 0.6) is 11.5 Å². The molecule has 2 aromatic carbocycles. The summed E-state index contributed by atoms with van der Waals surface area (Å²) >= 11 is 5.50. The van der Waals surface area contributed by atoms with Crippen molar-refractivity contribution in [3.05, 3.63) is 59.6 Å². The van der Waals surface area contributed by atoms with E-state index in [0.717, 1.165) is 0 Å². The lowest BCUT2D eigenvalue weighted by Crippen LogP contribution is -1.61. The first-order valence-electron chi connectivity index (χ1n) is 4.37. The molecular weight excluding hydrogens is 212 g/mol. The van der Waals surface area contributed by atoms with E-state index in [1.807, 2.05) is 6.07 Å². The predicted octanol–water partition coefficient (Wildman–Crippen LogP) is 3.44. The van der Waals surface area contributed by atoms with Gasteiger partial charge >= 0.3 is 0 Å². The molecule has 0 atom stereocenters. The highest BCUT2D eigenvalue weighted by Gasteiger charge is 1.84. The standard InChI is InChI=1S/C6H5ClO.C6H6O/c7-5-1-3-6(8)4-2-5;7-6-4-2-1-3-5-6/h1-4,8H;1-5,7H. The van der Waals surface area contributed by atoms with Gasteiger partial charge in [-0.25, -0.2) is 0 Å². The van der Waals surface area contributed by atoms with E-state index in [4.69, 9.17) is 21.8 Å². The molecule has 0 bridgehead atoms. The number of rotatable bonds is 0. The molecule has 0 radical (unpaired) electrons. The molecule has 0 fully saturated rings. The Hall–Kier alpha value is -1.67. The molecule has 0 aliphatic carbocycles. The van der Waals surface area contributed by atoms with E-state index in [-0.39, 0.29) is 5.75 Å². The lowest BCUT2D eigenvalue weighted by Gasteiger charge is -1.87. The predicted molar refractivity (Wildman–Crippen MR) is 61.2 cm³/mol. The van der Waals surface area contributed by atoms with Crippen LogP contribution in [0.2, 0.25) is 5.02 Å². The van der Waals surface area contributed by atoms with E-state index >= 15 is 0 Å². The van der Waals surface area contributed by atoms with Crippen LogP contribution in [0, 0.1) is 0 Å². The summed E-state index contributed by atoms with van der Waals surface area (Å²) in [5, 5.41) is 18.0. The zero-order valence-corrected chi connectivity index (χ0v) is 8.72. The third-order valence-corrected chi connectivity index (χ3v) is 1.83. The Morgan fingerprint density at radius 1 is 0.667 bits per heavy atom. The van der Waals surface area contributed by atoms with Crippen LogP contribution in [-0.4, -0.2) is 10.2 Å². The smallest absolute Gasteiger partial charge is 0.115 e. The summed E-state index contributed by atoms with van der Waals surface area (Å²) in [4.78, 5) is 0. The van der Waals surface area contributed by atoms with Crippen LogP contribution < -0.4 is 0 Å². The Labute approximate surface area is 93.4 Å². The van der Waals surface area contributed by atoms with Crippen LogP contribution >= 0.6 is 11.6 Å². The molecule has 3 heteroatoms. The maximum atomic E-state index is 8.70. The maximum absolute atomic E-state index is 8.70. The van der Waals surface area contributed by atoms with Gasteiger partial charge in [-0.15, -0.1) is 0 Å². The van der Waals surface area contributed by atoms with E-state index in [1.165, 1.54) is 0 Å². The van der Waals surface area contributed by atoms with Crippen molar-refractivity contribution in [2.75, 3.05) is 0 Å². The van der Waals surface area contributed by atoms with Gasteiger partial charge in [0.2, 0.25) is 0 Å². The number of phenols is 2. The molecule has 15 heavy (non-hydrogen) atoms. The Balaban J connectivity index is 0.000000151. The van der Waals surface area contributed by atoms with Gasteiger partial charge in [0.25, 0.3) is 0 Å². The van der Waals surface area contributed by atoms with Crippen LogP contribution in [0.15, 0.2) is 54.6 Å². The van der Waals surface area contributed by atoms with Crippen molar-refractivity contribution < 1.29 is 10.2 Å². The quantitative estimate of drug-likeness (QED) is 0.717. The van der Waals surface area contributed by atoms with Gasteiger partial charge in [-0.3, -0.25) is 0 Å². The second kappa shape index (κ2) is 5.94. The lowest BCUT2D eigenvalue weighted by atomic mass is 10.3. The van der Waals surface area contributed by atoms with Crippen molar-refractivity contribution in [3.63, 3.8) is 0 Å². The molecule has 0 saturated carbocycles. The highest BCUT2D eigenvalue weighted by atomic mass is 35.5. The molecule has 2 N–H and O–H groups in total. The Morgan fingerprint density at radius 2 is 1.13 bits per heavy atom. The largest absolute Gasteiger partial charge is 0.508 e. The molecular formula is C12H11ClO2. The third kappa shape index (κ3) is 4.93. The maximum Gasteiger partial charge on any atom is 0.115 e. The second-order valence-electron chi connectivity index (χ2n) is 2.81. The Morgan fingerprint density at radius 3 is 1.47 bits per heavy atom. The molecule has 0 saturated heterocycles. The first kappa shape index (κ1) is 11.4. The van der Waals surface area contributed by atoms with Crippen LogP contribution in [0.1, 0.15) is 0 Å².